The number of hydrogen-bond acceptors (Lipinski definition) is 6. The molecule has 0 unspecified atom stereocenters. The smallest absolute Gasteiger partial charge is 0.270 e. The summed E-state index contributed by atoms with van der Waals surface area (Å²) in [4.78, 5) is 29.4. The molecule has 0 saturated carbocycles. The Morgan fingerprint density at radius 3 is 2.67 bits per heavy atom. The van der Waals surface area contributed by atoms with Crippen LogP contribution in [0.25, 0.3) is 0 Å². The van der Waals surface area contributed by atoms with Gasteiger partial charge in [0, 0.05) is 43.0 Å². The third kappa shape index (κ3) is 3.34. The van der Waals surface area contributed by atoms with Crippen LogP contribution in [0.15, 0.2) is 24.4 Å². The van der Waals surface area contributed by atoms with Gasteiger partial charge < -0.3 is 4.90 Å². The average Bonchev–Trinajstić information content (AvgIpc) is 2.83. The highest BCUT2D eigenvalue weighted by atomic mass is 32.1. The van der Waals surface area contributed by atoms with Crippen LogP contribution in [-0.2, 0) is 0 Å². The van der Waals surface area contributed by atoms with Crippen LogP contribution in [0, 0.1) is 17.0 Å². The fourth-order valence-corrected chi connectivity index (χ4v) is 2.45. The van der Waals surface area contributed by atoms with Crippen molar-refractivity contribution in [1.82, 2.24) is 4.98 Å². The summed E-state index contributed by atoms with van der Waals surface area (Å²) in [5.74, 6) is -0.420. The van der Waals surface area contributed by atoms with Gasteiger partial charge in [0.05, 0.1) is 10.5 Å². The van der Waals surface area contributed by atoms with Gasteiger partial charge in [0.15, 0.2) is 5.13 Å². The van der Waals surface area contributed by atoms with Crippen molar-refractivity contribution in [2.45, 2.75) is 6.92 Å². The van der Waals surface area contributed by atoms with Crippen LogP contribution in [0.1, 0.15) is 15.2 Å². The van der Waals surface area contributed by atoms with Crippen molar-refractivity contribution in [1.29, 1.82) is 0 Å². The van der Waals surface area contributed by atoms with Crippen molar-refractivity contribution in [2.75, 3.05) is 24.3 Å². The van der Waals surface area contributed by atoms with Gasteiger partial charge in [-0.1, -0.05) is 0 Å². The van der Waals surface area contributed by atoms with Crippen molar-refractivity contribution >= 4 is 33.8 Å². The summed E-state index contributed by atoms with van der Waals surface area (Å²) in [7, 11) is 3.54. The molecule has 0 fully saturated rings. The predicted molar refractivity (Wildman–Crippen MR) is 82.2 cm³/mol. The number of rotatable bonds is 4. The van der Waals surface area contributed by atoms with Crippen LogP contribution in [0.2, 0.25) is 0 Å². The first-order chi connectivity index (χ1) is 9.88. The van der Waals surface area contributed by atoms with E-state index in [2.05, 4.69) is 10.3 Å². The summed E-state index contributed by atoms with van der Waals surface area (Å²) in [5.41, 5.74) is 0.717. The SMILES string of the molecule is Cc1cnc(NC(=O)c2cc([N+](=O)[O-])ccc2N(C)C)s1. The van der Waals surface area contributed by atoms with Gasteiger partial charge in [0.1, 0.15) is 0 Å². The Bertz CT molecular complexity index is 696. The molecule has 1 amide bonds. The van der Waals surface area contributed by atoms with Crippen molar-refractivity contribution < 1.29 is 9.72 Å². The zero-order chi connectivity index (χ0) is 15.6. The number of nitrogens with zero attached hydrogens (tertiary/aromatic N) is 3. The molecule has 0 atom stereocenters. The maximum Gasteiger partial charge on any atom is 0.270 e. The number of carbonyl (C=O) groups is 1. The number of benzene rings is 1. The quantitative estimate of drug-likeness (QED) is 0.693. The summed E-state index contributed by atoms with van der Waals surface area (Å²) >= 11 is 1.34. The van der Waals surface area contributed by atoms with Gasteiger partial charge in [-0.25, -0.2) is 4.98 Å². The zero-order valence-corrected chi connectivity index (χ0v) is 12.6. The normalized spacial score (nSPS) is 10.2. The second-order valence-corrected chi connectivity index (χ2v) is 5.82. The Morgan fingerprint density at radius 1 is 1.43 bits per heavy atom. The van der Waals surface area contributed by atoms with Crippen molar-refractivity contribution in [3.05, 3.63) is 45.0 Å². The van der Waals surface area contributed by atoms with E-state index in [1.807, 2.05) is 6.92 Å². The van der Waals surface area contributed by atoms with Crippen LogP contribution >= 0.6 is 11.3 Å². The van der Waals surface area contributed by atoms with E-state index in [1.54, 1.807) is 31.3 Å². The first kappa shape index (κ1) is 14.9. The third-order valence-electron chi connectivity index (χ3n) is 2.76. The van der Waals surface area contributed by atoms with Crippen molar-refractivity contribution in [2.24, 2.45) is 0 Å². The number of aromatic nitrogens is 1. The Morgan fingerprint density at radius 2 is 2.14 bits per heavy atom. The number of nitro benzene ring substituents is 1. The van der Waals surface area contributed by atoms with E-state index < -0.39 is 10.8 Å². The standard InChI is InChI=1S/C13H14N4O3S/c1-8-7-14-13(21-8)15-12(18)10-6-9(17(19)20)4-5-11(10)16(2)3/h4-7H,1-3H3,(H,14,15,18). The molecule has 1 aromatic carbocycles. The van der Waals surface area contributed by atoms with E-state index in [1.165, 1.54) is 23.5 Å². The molecule has 1 N–H and O–H groups in total. The summed E-state index contributed by atoms with van der Waals surface area (Å²) in [6, 6.07) is 4.20. The molecule has 21 heavy (non-hydrogen) atoms. The molecule has 0 spiro atoms. The highest BCUT2D eigenvalue weighted by Crippen LogP contribution is 2.26. The molecule has 1 aromatic heterocycles. The second-order valence-electron chi connectivity index (χ2n) is 4.58. The van der Waals surface area contributed by atoms with E-state index in [0.717, 1.165) is 4.88 Å². The van der Waals surface area contributed by atoms with Gasteiger partial charge >= 0.3 is 0 Å². The molecule has 0 radical (unpaired) electrons. The number of anilines is 2. The topological polar surface area (TPSA) is 88.4 Å². The molecule has 0 aliphatic rings. The number of nitro groups is 1. The Labute approximate surface area is 125 Å². The van der Waals surface area contributed by atoms with Crippen LogP contribution in [0.5, 0.6) is 0 Å². The minimum atomic E-state index is -0.524. The van der Waals surface area contributed by atoms with Gasteiger partial charge in [-0.3, -0.25) is 20.2 Å². The fourth-order valence-electron chi connectivity index (χ4n) is 1.79. The lowest BCUT2D eigenvalue weighted by Crippen LogP contribution is -2.18. The Balaban J connectivity index is 2.37. The summed E-state index contributed by atoms with van der Waals surface area (Å²) in [5, 5.41) is 14.0. The number of amides is 1. The monoisotopic (exact) mass is 306 g/mol. The largest absolute Gasteiger partial charge is 0.377 e. The Kier molecular flexibility index (Phi) is 4.18. The summed E-state index contributed by atoms with van der Waals surface area (Å²) in [6.07, 6.45) is 1.65. The number of nitrogens with one attached hydrogen (secondary N) is 1. The first-order valence-corrected chi connectivity index (χ1v) is 6.89. The molecule has 8 heteroatoms. The van der Waals surface area contributed by atoms with Gasteiger partial charge in [-0.2, -0.15) is 0 Å². The molecule has 7 nitrogen and oxygen atoms in total. The average molecular weight is 306 g/mol. The third-order valence-corrected chi connectivity index (χ3v) is 3.59. The van der Waals surface area contributed by atoms with Gasteiger partial charge in [-0.05, 0) is 13.0 Å². The lowest BCUT2D eigenvalue weighted by Gasteiger charge is -2.16. The van der Waals surface area contributed by atoms with Crippen molar-refractivity contribution in [3.8, 4) is 0 Å². The highest BCUT2D eigenvalue weighted by molar-refractivity contribution is 7.15. The van der Waals surface area contributed by atoms with Crippen molar-refractivity contribution in [3.63, 3.8) is 0 Å². The lowest BCUT2D eigenvalue weighted by molar-refractivity contribution is -0.384. The van der Waals surface area contributed by atoms with Crippen LogP contribution in [0.4, 0.5) is 16.5 Å². The van der Waals surface area contributed by atoms with Gasteiger partial charge in [-0.15, -0.1) is 11.3 Å². The van der Waals surface area contributed by atoms with Crippen LogP contribution < -0.4 is 10.2 Å². The summed E-state index contributed by atoms with van der Waals surface area (Å²) < 4.78 is 0. The molecule has 1 heterocycles. The number of aryl methyl sites for hydroxylation is 1. The van der Waals surface area contributed by atoms with E-state index in [0.29, 0.717) is 10.8 Å². The molecule has 0 aliphatic heterocycles. The predicted octanol–water partition coefficient (Wildman–Crippen LogP) is 2.68. The number of non-ortho nitro benzene ring substituents is 1. The van der Waals surface area contributed by atoms with Gasteiger partial charge in [0.25, 0.3) is 11.6 Å². The minimum absolute atomic E-state index is 0.124. The first-order valence-electron chi connectivity index (χ1n) is 6.08. The molecule has 0 bridgehead atoms. The molecular weight excluding hydrogens is 292 g/mol. The molecule has 0 aliphatic carbocycles. The number of thiazole rings is 1. The van der Waals surface area contributed by atoms with Crippen LogP contribution in [0.3, 0.4) is 0 Å². The minimum Gasteiger partial charge on any atom is -0.377 e. The zero-order valence-electron chi connectivity index (χ0n) is 11.8. The second kappa shape index (κ2) is 5.88. The number of hydrogen-bond donors (Lipinski definition) is 1. The van der Waals surface area contributed by atoms with E-state index >= 15 is 0 Å². The molecule has 110 valence electrons. The maximum absolute atomic E-state index is 12.3. The molecule has 0 saturated heterocycles. The number of carbonyl (C=O) groups excluding carboxylic acids is 1. The fraction of sp³-hybridized carbons (Fsp3) is 0.231. The lowest BCUT2D eigenvalue weighted by atomic mass is 10.1. The van der Waals surface area contributed by atoms with E-state index in [4.69, 9.17) is 0 Å². The van der Waals surface area contributed by atoms with E-state index in [-0.39, 0.29) is 11.3 Å². The summed E-state index contributed by atoms with van der Waals surface area (Å²) in [6.45, 7) is 1.88. The highest BCUT2D eigenvalue weighted by Gasteiger charge is 2.18. The molecular formula is C13H14N4O3S. The van der Waals surface area contributed by atoms with Gasteiger partial charge in [0.2, 0.25) is 0 Å². The van der Waals surface area contributed by atoms with Crippen LogP contribution in [-0.4, -0.2) is 29.9 Å². The maximum atomic E-state index is 12.3. The Hall–Kier alpha value is -2.48. The molecule has 2 rings (SSSR count). The van der Waals surface area contributed by atoms with E-state index in [9.17, 15) is 14.9 Å². The molecule has 2 aromatic rings.